The van der Waals surface area contributed by atoms with Crippen molar-refractivity contribution in [2.45, 2.75) is 300 Å². The molecular weight excluding hydrogens is 823 g/mol. The molecule has 0 aromatic heterocycles. The molecule has 0 saturated carbocycles. The minimum Gasteiger partial charge on any atom is -0.394 e. The van der Waals surface area contributed by atoms with Crippen molar-refractivity contribution in [3.05, 3.63) is 24.3 Å². The lowest BCUT2D eigenvalue weighted by molar-refractivity contribution is -0.303. The molecule has 8 N–H and O–H groups in total. The Bertz CT molecular complexity index is 1110. The molecule has 1 aliphatic rings. The summed E-state index contributed by atoms with van der Waals surface area (Å²) in [5.41, 5.74) is 0. The molecule has 1 heterocycles. The van der Waals surface area contributed by atoms with Crippen LogP contribution in [0.5, 0.6) is 0 Å². The summed E-state index contributed by atoms with van der Waals surface area (Å²) < 4.78 is 11.1. The number of allylic oxidation sites excluding steroid dienone is 4. The van der Waals surface area contributed by atoms with Crippen LogP contribution in [-0.2, 0) is 14.3 Å². The summed E-state index contributed by atoms with van der Waals surface area (Å²) in [6.07, 6.45) is 39.4. The zero-order valence-corrected chi connectivity index (χ0v) is 41.7. The van der Waals surface area contributed by atoms with Gasteiger partial charge in [-0.15, -0.1) is 0 Å². The Morgan fingerprint density at radius 3 is 1.32 bits per heavy atom. The second kappa shape index (κ2) is 43.8. The fraction of sp³-hybridized carbons (Fsp3) is 0.907. The number of rotatable bonds is 46. The van der Waals surface area contributed by atoms with Gasteiger partial charge >= 0.3 is 0 Å². The first kappa shape index (κ1) is 61.6. The largest absolute Gasteiger partial charge is 0.394 e. The van der Waals surface area contributed by atoms with Crippen LogP contribution in [-0.4, -0.2) is 110 Å². The molecule has 0 bridgehead atoms. The number of ether oxygens (including phenoxy) is 2. The molecule has 0 aromatic carbocycles. The highest BCUT2D eigenvalue weighted by Gasteiger charge is 2.44. The molecule has 1 saturated heterocycles. The molecule has 1 amide bonds. The zero-order valence-electron chi connectivity index (χ0n) is 41.7. The fourth-order valence-electron chi connectivity index (χ4n) is 8.73. The summed E-state index contributed by atoms with van der Waals surface area (Å²) >= 11 is 0. The van der Waals surface area contributed by atoms with Gasteiger partial charge in [-0.25, -0.2) is 0 Å². The molecule has 65 heavy (non-hydrogen) atoms. The van der Waals surface area contributed by atoms with E-state index in [4.69, 9.17) is 9.47 Å². The van der Waals surface area contributed by atoms with E-state index in [0.29, 0.717) is 12.8 Å². The Morgan fingerprint density at radius 2 is 0.908 bits per heavy atom. The molecule has 11 heteroatoms. The average molecular weight is 926 g/mol. The summed E-state index contributed by atoms with van der Waals surface area (Å²) in [7, 11) is 0. The van der Waals surface area contributed by atoms with Gasteiger partial charge in [-0.3, -0.25) is 4.79 Å². The zero-order chi connectivity index (χ0) is 47.6. The first-order chi connectivity index (χ1) is 31.7. The lowest BCUT2D eigenvalue weighted by Gasteiger charge is -2.40. The second-order valence-corrected chi connectivity index (χ2v) is 19.3. The molecule has 11 nitrogen and oxygen atoms in total. The number of nitrogens with one attached hydrogen (secondary N) is 1. The third kappa shape index (κ3) is 32.9. The van der Waals surface area contributed by atoms with Crippen molar-refractivity contribution in [3.8, 4) is 0 Å². The SMILES string of the molecule is CCCCCCCC/C=C\CCCCCCCCC(O)C(=O)NC(COC1OC(CO)C(O)C(O)C1O)C(O)C(O)CCC/C=C/CCCCCCCCCCCCCCCCCCC. The molecule has 9 atom stereocenters. The summed E-state index contributed by atoms with van der Waals surface area (Å²) in [5.74, 6) is -0.710. The first-order valence-electron chi connectivity index (χ1n) is 27.2. The highest BCUT2D eigenvalue weighted by molar-refractivity contribution is 5.80. The molecule has 1 fully saturated rings. The maximum absolute atomic E-state index is 13.1. The van der Waals surface area contributed by atoms with Crippen molar-refractivity contribution in [3.63, 3.8) is 0 Å². The van der Waals surface area contributed by atoms with Gasteiger partial charge in [0.15, 0.2) is 6.29 Å². The average Bonchev–Trinajstić information content (AvgIpc) is 3.31. The Kier molecular flexibility index (Phi) is 41.6. The maximum Gasteiger partial charge on any atom is 0.249 e. The van der Waals surface area contributed by atoms with Crippen molar-refractivity contribution < 1.29 is 50.0 Å². The Hall–Kier alpha value is -1.41. The van der Waals surface area contributed by atoms with Crippen LogP contribution in [0.2, 0.25) is 0 Å². The van der Waals surface area contributed by atoms with Gasteiger partial charge < -0.3 is 50.5 Å². The smallest absolute Gasteiger partial charge is 0.249 e. The van der Waals surface area contributed by atoms with E-state index < -0.39 is 74.2 Å². The van der Waals surface area contributed by atoms with Crippen LogP contribution in [0, 0.1) is 0 Å². The topological polar surface area (TPSA) is 189 Å². The Labute approximate surface area is 397 Å². The van der Waals surface area contributed by atoms with Crippen LogP contribution in [0.25, 0.3) is 0 Å². The van der Waals surface area contributed by atoms with Gasteiger partial charge in [-0.2, -0.15) is 0 Å². The first-order valence-corrected chi connectivity index (χ1v) is 27.2. The predicted molar refractivity (Wildman–Crippen MR) is 266 cm³/mol. The molecule has 0 spiro atoms. The van der Waals surface area contributed by atoms with Crippen molar-refractivity contribution in [1.82, 2.24) is 5.32 Å². The molecule has 0 radical (unpaired) electrons. The quantitative estimate of drug-likeness (QED) is 0.0216. The molecule has 1 aliphatic heterocycles. The van der Waals surface area contributed by atoms with Crippen molar-refractivity contribution >= 4 is 5.91 Å². The number of aliphatic hydroxyl groups excluding tert-OH is 7. The normalized spacial score (nSPS) is 21.0. The predicted octanol–water partition coefficient (Wildman–Crippen LogP) is 10.6. The number of unbranched alkanes of at least 4 members (excludes halogenated alkanes) is 30. The van der Waals surface area contributed by atoms with Crippen molar-refractivity contribution in [1.29, 1.82) is 0 Å². The van der Waals surface area contributed by atoms with E-state index in [9.17, 15) is 40.5 Å². The lowest BCUT2D eigenvalue weighted by Crippen LogP contribution is -2.60. The van der Waals surface area contributed by atoms with Crippen LogP contribution >= 0.6 is 0 Å². The van der Waals surface area contributed by atoms with Crippen LogP contribution in [0.15, 0.2) is 24.3 Å². The third-order valence-corrected chi connectivity index (χ3v) is 13.2. The van der Waals surface area contributed by atoms with E-state index >= 15 is 0 Å². The summed E-state index contributed by atoms with van der Waals surface area (Å²) in [6.45, 7) is 3.45. The van der Waals surface area contributed by atoms with Gasteiger partial charge in [0, 0.05) is 0 Å². The van der Waals surface area contributed by atoms with E-state index in [0.717, 1.165) is 57.8 Å². The van der Waals surface area contributed by atoms with E-state index in [1.165, 1.54) is 148 Å². The van der Waals surface area contributed by atoms with Crippen molar-refractivity contribution in [2.75, 3.05) is 13.2 Å². The molecule has 0 aromatic rings. The standard InChI is InChI=1S/C54H103NO10/c1-3-5-7-9-11-13-15-17-19-21-22-23-24-25-26-28-29-31-33-35-37-39-41-46(57)49(59)45(44-64-54-52(62)51(61)50(60)48(43-56)65-54)55-53(63)47(58)42-40-38-36-34-32-30-27-20-18-16-14-12-10-8-6-4-2/h18,20,33,35,45-52,54,56-62H,3-17,19,21-32,34,36-44H2,1-2H3,(H,55,63)/b20-18-,35-33+. The summed E-state index contributed by atoms with van der Waals surface area (Å²) in [6, 6.07) is -1.19. The van der Waals surface area contributed by atoms with Crippen LogP contribution in [0.3, 0.4) is 0 Å². The molecule has 1 rings (SSSR count). The monoisotopic (exact) mass is 926 g/mol. The Morgan fingerprint density at radius 1 is 0.523 bits per heavy atom. The van der Waals surface area contributed by atoms with Crippen LogP contribution in [0.4, 0.5) is 0 Å². The molecular formula is C54H103NO10. The fourth-order valence-corrected chi connectivity index (χ4v) is 8.73. The number of carbonyl (C=O) groups excluding carboxylic acids is 1. The van der Waals surface area contributed by atoms with Gasteiger partial charge in [0.05, 0.1) is 25.4 Å². The summed E-state index contributed by atoms with van der Waals surface area (Å²) in [4.78, 5) is 13.1. The van der Waals surface area contributed by atoms with Gasteiger partial charge in [-0.05, 0) is 64.2 Å². The highest BCUT2D eigenvalue weighted by Crippen LogP contribution is 2.23. The van der Waals surface area contributed by atoms with Crippen molar-refractivity contribution in [2.24, 2.45) is 0 Å². The number of amides is 1. The minimum atomic E-state index is -1.67. The van der Waals surface area contributed by atoms with Gasteiger partial charge in [-0.1, -0.05) is 205 Å². The van der Waals surface area contributed by atoms with Crippen LogP contribution < -0.4 is 5.32 Å². The number of aliphatic hydroxyl groups is 7. The van der Waals surface area contributed by atoms with Crippen LogP contribution in [0.1, 0.15) is 245 Å². The molecule has 9 unspecified atom stereocenters. The van der Waals surface area contributed by atoms with Gasteiger partial charge in [0.1, 0.15) is 36.6 Å². The second-order valence-electron chi connectivity index (χ2n) is 19.3. The highest BCUT2D eigenvalue weighted by atomic mass is 16.7. The number of carbonyl (C=O) groups is 1. The van der Waals surface area contributed by atoms with E-state index in [-0.39, 0.29) is 12.8 Å². The molecule has 384 valence electrons. The Balaban J connectivity index is 2.37. The van der Waals surface area contributed by atoms with Gasteiger partial charge in [0.25, 0.3) is 0 Å². The number of hydrogen-bond donors (Lipinski definition) is 8. The summed E-state index contributed by atoms with van der Waals surface area (Å²) in [5, 5.41) is 75.9. The van der Waals surface area contributed by atoms with Gasteiger partial charge in [0.2, 0.25) is 5.91 Å². The van der Waals surface area contributed by atoms with E-state index in [2.05, 4.69) is 43.5 Å². The third-order valence-electron chi connectivity index (χ3n) is 13.2. The number of hydrogen-bond acceptors (Lipinski definition) is 10. The van der Waals surface area contributed by atoms with E-state index in [1.54, 1.807) is 0 Å². The van der Waals surface area contributed by atoms with E-state index in [1.807, 2.05) is 0 Å². The molecule has 0 aliphatic carbocycles. The minimum absolute atomic E-state index is 0.248. The maximum atomic E-state index is 13.1. The lowest BCUT2D eigenvalue weighted by atomic mass is 9.98.